The molecule has 10 N–H and O–H groups in total. The third kappa shape index (κ3) is 65.8. The van der Waals surface area contributed by atoms with Crippen LogP contribution in [0.5, 0.6) is 0 Å². The second-order valence-electron chi connectivity index (χ2n) is 0. The van der Waals surface area contributed by atoms with Crippen molar-refractivity contribution in [2.24, 2.45) is 0 Å². The molecule has 0 bridgehead atoms. The Morgan fingerprint density at radius 3 is 0.571 bits per heavy atom. The zero-order chi connectivity index (χ0) is 0. The summed E-state index contributed by atoms with van der Waals surface area (Å²) in [6.45, 7) is 0. The third-order valence-corrected chi connectivity index (χ3v) is 0. The minimum Gasteiger partial charge on any atom is -1.00 e. The van der Waals surface area contributed by atoms with Crippen LogP contribution in [-0.2, 0) is 22.4 Å². The Bertz CT molecular complexity index is 12.4. The van der Waals surface area contributed by atoms with Crippen LogP contribution < -0.4 is 51.4 Å². The fourth-order valence-electron chi connectivity index (χ4n) is 0. The van der Waals surface area contributed by atoms with E-state index in [2.05, 4.69) is 0 Å². The van der Waals surface area contributed by atoms with Gasteiger partial charge in [0.15, 0.2) is 0 Å². The number of hydrogen-bond acceptors (Lipinski definition) is 0. The SMILES string of the molecule is O.O.O.O.O.[Au].[H-].[K+]. The predicted molar refractivity (Wildman–Crippen MR) is 19.2 cm³/mol. The van der Waals surface area contributed by atoms with Crippen molar-refractivity contribution in [2.75, 3.05) is 0 Å². The Morgan fingerprint density at radius 2 is 0.571 bits per heavy atom. The molecular formula is H11AuKO5. The normalized spacial score (nSPS) is 0. The van der Waals surface area contributed by atoms with Crippen molar-refractivity contribution in [3.05, 3.63) is 0 Å². The Hall–Kier alpha value is 2.18. The quantitative estimate of drug-likeness (QED) is 0.387. The van der Waals surface area contributed by atoms with Crippen LogP contribution in [-0.4, -0.2) is 27.4 Å². The molecule has 0 amide bonds. The van der Waals surface area contributed by atoms with Gasteiger partial charge >= 0.3 is 51.4 Å². The molecule has 0 unspecified atom stereocenters. The first kappa shape index (κ1) is 129. The average Bonchev–Trinajstić information content (AvgIpc) is 0. The minimum absolute atomic E-state index is 0. The third-order valence-electron chi connectivity index (χ3n) is 0. The Labute approximate surface area is 101 Å². The topological polar surface area (TPSA) is 158 Å². The summed E-state index contributed by atoms with van der Waals surface area (Å²) in [6, 6.07) is 0. The molecule has 0 aliphatic rings. The molecule has 0 atom stereocenters. The fraction of sp³-hybridized carbons (Fsp3) is 0. The van der Waals surface area contributed by atoms with E-state index in [0.29, 0.717) is 0 Å². The average molecular weight is 327 g/mol. The van der Waals surface area contributed by atoms with Crippen molar-refractivity contribution in [2.45, 2.75) is 0 Å². The summed E-state index contributed by atoms with van der Waals surface area (Å²) in [5.41, 5.74) is 0. The minimum atomic E-state index is 0. The maximum absolute atomic E-state index is 0. The molecule has 0 heterocycles. The van der Waals surface area contributed by atoms with E-state index in [1.54, 1.807) is 0 Å². The van der Waals surface area contributed by atoms with E-state index in [9.17, 15) is 0 Å². The van der Waals surface area contributed by atoms with Crippen LogP contribution in [0.25, 0.3) is 0 Å². The van der Waals surface area contributed by atoms with Crippen LogP contribution in [0.4, 0.5) is 0 Å². The van der Waals surface area contributed by atoms with Gasteiger partial charge in [0.2, 0.25) is 0 Å². The Kier molecular flexibility index (Phi) is 1640. The van der Waals surface area contributed by atoms with Gasteiger partial charge in [0.25, 0.3) is 0 Å². The van der Waals surface area contributed by atoms with Gasteiger partial charge in [0, 0.05) is 22.4 Å². The van der Waals surface area contributed by atoms with Crippen molar-refractivity contribution in [3.63, 3.8) is 0 Å². The van der Waals surface area contributed by atoms with Gasteiger partial charge in [-0.25, -0.2) is 0 Å². The molecule has 0 aliphatic carbocycles. The van der Waals surface area contributed by atoms with Crippen LogP contribution in [0.2, 0.25) is 0 Å². The van der Waals surface area contributed by atoms with E-state index >= 15 is 0 Å². The first-order chi connectivity index (χ1) is 0. The number of hydrogen-bond donors (Lipinski definition) is 0. The van der Waals surface area contributed by atoms with Gasteiger partial charge in [-0.2, -0.15) is 0 Å². The molecule has 0 aromatic rings. The van der Waals surface area contributed by atoms with Gasteiger partial charge in [-0.15, -0.1) is 0 Å². The van der Waals surface area contributed by atoms with Crippen molar-refractivity contribution in [1.82, 2.24) is 0 Å². The smallest absolute Gasteiger partial charge is 1.00 e. The van der Waals surface area contributed by atoms with Gasteiger partial charge in [-0.3, -0.25) is 0 Å². The largest absolute Gasteiger partial charge is 1.00 e. The molecule has 0 spiro atoms. The molecule has 1 radical (unpaired) electrons. The summed E-state index contributed by atoms with van der Waals surface area (Å²) < 4.78 is 0. The Morgan fingerprint density at radius 1 is 0.571 bits per heavy atom. The van der Waals surface area contributed by atoms with Gasteiger partial charge in [0.05, 0.1) is 0 Å². The Balaban J connectivity index is 0. The van der Waals surface area contributed by atoms with Gasteiger partial charge in [0.1, 0.15) is 0 Å². The van der Waals surface area contributed by atoms with Crippen LogP contribution in [0.1, 0.15) is 1.43 Å². The van der Waals surface area contributed by atoms with Crippen molar-refractivity contribution in [3.8, 4) is 0 Å². The van der Waals surface area contributed by atoms with E-state index in [-0.39, 0.29) is 103 Å². The van der Waals surface area contributed by atoms with Gasteiger partial charge in [-0.1, -0.05) is 0 Å². The first-order valence-corrected chi connectivity index (χ1v) is 0. The summed E-state index contributed by atoms with van der Waals surface area (Å²) in [5, 5.41) is 0. The summed E-state index contributed by atoms with van der Waals surface area (Å²) in [7, 11) is 0. The van der Waals surface area contributed by atoms with Gasteiger partial charge < -0.3 is 28.8 Å². The standard InChI is InChI=1S/Au.K.5H2O.H/h;;5*1H2;/q;+1;;;;;;-1. The molecular weight excluding hydrogens is 316 g/mol. The maximum Gasteiger partial charge on any atom is 1.00 e. The molecule has 0 saturated carbocycles. The molecule has 0 aliphatic heterocycles. The van der Waals surface area contributed by atoms with Gasteiger partial charge in [-0.05, 0) is 0 Å². The molecule has 7 heavy (non-hydrogen) atoms. The predicted octanol–water partition coefficient (Wildman–Crippen LogP) is -7.01. The molecule has 0 aromatic carbocycles. The molecule has 5 nitrogen and oxygen atoms in total. The van der Waals surface area contributed by atoms with Crippen molar-refractivity contribution < 1.29 is 103 Å². The van der Waals surface area contributed by atoms with E-state index in [4.69, 9.17) is 0 Å². The first-order valence-electron chi connectivity index (χ1n) is 0. The van der Waals surface area contributed by atoms with Crippen LogP contribution in [0.3, 0.4) is 0 Å². The van der Waals surface area contributed by atoms with Crippen LogP contribution in [0.15, 0.2) is 0 Å². The van der Waals surface area contributed by atoms with Crippen LogP contribution in [0, 0.1) is 0 Å². The molecule has 7 heteroatoms. The molecule has 53 valence electrons. The summed E-state index contributed by atoms with van der Waals surface area (Å²) in [5.74, 6) is 0. The zero-order valence-electron chi connectivity index (χ0n) is 4.80. The van der Waals surface area contributed by atoms with E-state index in [1.165, 1.54) is 0 Å². The van der Waals surface area contributed by atoms with Crippen molar-refractivity contribution >= 4 is 0 Å². The maximum atomic E-state index is 0. The van der Waals surface area contributed by atoms with E-state index in [0.717, 1.165) is 0 Å². The molecule has 0 fully saturated rings. The van der Waals surface area contributed by atoms with E-state index < -0.39 is 0 Å². The number of rotatable bonds is 0. The van der Waals surface area contributed by atoms with E-state index in [1.807, 2.05) is 0 Å². The molecule has 0 saturated heterocycles. The van der Waals surface area contributed by atoms with Crippen molar-refractivity contribution in [1.29, 1.82) is 0 Å². The zero-order valence-corrected chi connectivity index (χ0v) is 9.09. The molecule has 0 aromatic heterocycles. The summed E-state index contributed by atoms with van der Waals surface area (Å²) in [4.78, 5) is 0. The monoisotopic (exact) mass is 327 g/mol. The summed E-state index contributed by atoms with van der Waals surface area (Å²) >= 11 is 0. The van der Waals surface area contributed by atoms with Crippen LogP contribution >= 0.6 is 0 Å². The fourth-order valence-corrected chi connectivity index (χ4v) is 0. The second-order valence-corrected chi connectivity index (χ2v) is 0. The second kappa shape index (κ2) is 88.9. The summed E-state index contributed by atoms with van der Waals surface area (Å²) in [6.07, 6.45) is 0. The molecule has 0 rings (SSSR count).